The molecule has 1 atom stereocenters. The first kappa shape index (κ1) is 18.0. The Bertz CT molecular complexity index is 781. The number of para-hydroxylation sites is 1. The van der Waals surface area contributed by atoms with E-state index < -0.39 is 0 Å². The predicted octanol–water partition coefficient (Wildman–Crippen LogP) is 3.23. The van der Waals surface area contributed by atoms with Gasteiger partial charge in [-0.3, -0.25) is 9.69 Å². The lowest BCUT2D eigenvalue weighted by atomic mass is 10.2. The SMILES string of the molecule is O=C(CN1CCN(c2ccccc2)C1=O)N1CCS[C@H](c2ccco2)CC1. The number of hydrogen-bond acceptors (Lipinski definition) is 4. The van der Waals surface area contributed by atoms with Gasteiger partial charge in [0.2, 0.25) is 5.91 Å². The van der Waals surface area contributed by atoms with Gasteiger partial charge < -0.3 is 14.2 Å². The van der Waals surface area contributed by atoms with Crippen LogP contribution in [-0.4, -0.2) is 60.2 Å². The lowest BCUT2D eigenvalue weighted by Crippen LogP contribution is -2.43. The van der Waals surface area contributed by atoms with Crippen molar-refractivity contribution in [2.24, 2.45) is 0 Å². The second kappa shape index (κ2) is 8.08. The lowest BCUT2D eigenvalue weighted by molar-refractivity contribution is -0.131. The fourth-order valence-electron chi connectivity index (χ4n) is 3.56. The van der Waals surface area contributed by atoms with Gasteiger partial charge in [0.1, 0.15) is 12.3 Å². The van der Waals surface area contributed by atoms with E-state index in [0.717, 1.165) is 23.6 Å². The zero-order chi connectivity index (χ0) is 18.6. The molecule has 1 aromatic heterocycles. The van der Waals surface area contributed by atoms with Crippen molar-refractivity contribution < 1.29 is 14.0 Å². The molecule has 7 heteroatoms. The summed E-state index contributed by atoms with van der Waals surface area (Å²) in [6.45, 7) is 2.76. The second-order valence-electron chi connectivity index (χ2n) is 6.74. The highest BCUT2D eigenvalue weighted by molar-refractivity contribution is 7.99. The average molecular weight is 385 g/mol. The van der Waals surface area contributed by atoms with Crippen LogP contribution in [0.5, 0.6) is 0 Å². The molecule has 142 valence electrons. The van der Waals surface area contributed by atoms with E-state index in [-0.39, 0.29) is 18.5 Å². The number of nitrogens with zero attached hydrogens (tertiary/aromatic N) is 3. The molecule has 2 aromatic rings. The van der Waals surface area contributed by atoms with Gasteiger partial charge in [0, 0.05) is 37.6 Å². The third-order valence-corrected chi connectivity index (χ3v) is 6.33. The smallest absolute Gasteiger partial charge is 0.325 e. The normalized spacial score (nSPS) is 20.8. The number of amides is 3. The minimum atomic E-state index is -0.0905. The molecule has 0 saturated carbocycles. The van der Waals surface area contributed by atoms with Crippen molar-refractivity contribution in [3.05, 3.63) is 54.5 Å². The first-order chi connectivity index (χ1) is 13.2. The van der Waals surface area contributed by atoms with Gasteiger partial charge in [-0.2, -0.15) is 0 Å². The standard InChI is InChI=1S/C20H23N3O3S/c24-19(21-9-8-18(27-14-12-21)17-7-4-13-26-17)15-22-10-11-23(20(22)25)16-5-2-1-3-6-16/h1-7,13,18H,8-12,14-15H2/t18-/m0/s1. The summed E-state index contributed by atoms with van der Waals surface area (Å²) in [5.41, 5.74) is 0.880. The van der Waals surface area contributed by atoms with Crippen LogP contribution in [-0.2, 0) is 4.79 Å². The van der Waals surface area contributed by atoms with Crippen molar-refractivity contribution in [3.8, 4) is 0 Å². The van der Waals surface area contributed by atoms with Gasteiger partial charge in [-0.25, -0.2) is 4.79 Å². The van der Waals surface area contributed by atoms with E-state index in [2.05, 4.69) is 0 Å². The summed E-state index contributed by atoms with van der Waals surface area (Å²) in [6, 6.07) is 13.4. The maximum absolute atomic E-state index is 12.8. The molecule has 2 aliphatic heterocycles. The minimum absolute atomic E-state index is 0.0268. The first-order valence-electron chi connectivity index (χ1n) is 9.26. The predicted molar refractivity (Wildman–Crippen MR) is 106 cm³/mol. The van der Waals surface area contributed by atoms with Crippen molar-refractivity contribution >= 4 is 29.4 Å². The summed E-state index contributed by atoms with van der Waals surface area (Å²) in [5.74, 6) is 1.88. The van der Waals surface area contributed by atoms with Crippen molar-refractivity contribution in [3.63, 3.8) is 0 Å². The Labute approximate surface area is 163 Å². The van der Waals surface area contributed by atoms with E-state index in [9.17, 15) is 9.59 Å². The maximum Gasteiger partial charge on any atom is 0.325 e. The Kier molecular flexibility index (Phi) is 5.38. The molecule has 0 unspecified atom stereocenters. The fourth-order valence-corrected chi connectivity index (χ4v) is 4.74. The average Bonchev–Trinajstić information content (AvgIpc) is 3.27. The van der Waals surface area contributed by atoms with Crippen LogP contribution in [0.1, 0.15) is 17.4 Å². The molecule has 3 amide bonds. The quantitative estimate of drug-likeness (QED) is 0.811. The molecule has 0 N–H and O–H groups in total. The third kappa shape index (κ3) is 3.98. The van der Waals surface area contributed by atoms with E-state index in [1.165, 1.54) is 0 Å². The van der Waals surface area contributed by atoms with Crippen molar-refractivity contribution in [2.45, 2.75) is 11.7 Å². The minimum Gasteiger partial charge on any atom is -0.468 e. The van der Waals surface area contributed by atoms with Crippen molar-refractivity contribution in [1.82, 2.24) is 9.80 Å². The highest BCUT2D eigenvalue weighted by Gasteiger charge is 2.32. The zero-order valence-electron chi connectivity index (χ0n) is 15.1. The van der Waals surface area contributed by atoms with E-state index in [1.807, 2.05) is 59.1 Å². The number of furan rings is 1. The van der Waals surface area contributed by atoms with E-state index in [4.69, 9.17) is 4.42 Å². The van der Waals surface area contributed by atoms with Crippen LogP contribution < -0.4 is 4.90 Å². The van der Waals surface area contributed by atoms with Gasteiger partial charge in [0.25, 0.3) is 0 Å². The molecule has 1 aromatic carbocycles. The van der Waals surface area contributed by atoms with Crippen LogP contribution in [0.3, 0.4) is 0 Å². The zero-order valence-corrected chi connectivity index (χ0v) is 15.9. The summed E-state index contributed by atoms with van der Waals surface area (Å²) in [4.78, 5) is 30.7. The Morgan fingerprint density at radius 2 is 1.93 bits per heavy atom. The van der Waals surface area contributed by atoms with E-state index in [0.29, 0.717) is 31.4 Å². The molecule has 0 spiro atoms. The monoisotopic (exact) mass is 385 g/mol. The number of urea groups is 1. The molecule has 27 heavy (non-hydrogen) atoms. The molecule has 0 radical (unpaired) electrons. The van der Waals surface area contributed by atoms with Gasteiger partial charge in [-0.1, -0.05) is 18.2 Å². The van der Waals surface area contributed by atoms with Gasteiger partial charge in [0.05, 0.1) is 11.5 Å². The van der Waals surface area contributed by atoms with Crippen LogP contribution >= 0.6 is 11.8 Å². The molecular weight excluding hydrogens is 362 g/mol. The molecule has 2 fully saturated rings. The highest BCUT2D eigenvalue weighted by atomic mass is 32.2. The largest absolute Gasteiger partial charge is 0.468 e. The summed E-state index contributed by atoms with van der Waals surface area (Å²) >= 11 is 1.83. The number of hydrogen-bond donors (Lipinski definition) is 0. The first-order valence-corrected chi connectivity index (χ1v) is 10.3. The van der Waals surface area contributed by atoms with Crippen molar-refractivity contribution in [2.75, 3.05) is 43.4 Å². The van der Waals surface area contributed by atoms with Crippen LogP contribution in [0.15, 0.2) is 53.1 Å². The third-order valence-electron chi connectivity index (χ3n) is 5.04. The Balaban J connectivity index is 1.33. The molecule has 0 bridgehead atoms. The molecule has 6 nitrogen and oxygen atoms in total. The molecule has 2 aliphatic rings. The van der Waals surface area contributed by atoms with Gasteiger partial charge >= 0.3 is 6.03 Å². The summed E-state index contributed by atoms with van der Waals surface area (Å²) in [6.07, 6.45) is 2.56. The molecular formula is C20H23N3O3S. The highest BCUT2D eigenvalue weighted by Crippen LogP contribution is 2.34. The topological polar surface area (TPSA) is 57.0 Å². The summed E-state index contributed by atoms with van der Waals surface area (Å²) in [7, 11) is 0. The maximum atomic E-state index is 12.8. The number of anilines is 1. The van der Waals surface area contributed by atoms with Gasteiger partial charge in [-0.05, 0) is 30.7 Å². The molecule has 2 saturated heterocycles. The number of carbonyl (C=O) groups excluding carboxylic acids is 2. The van der Waals surface area contributed by atoms with Crippen LogP contribution in [0, 0.1) is 0 Å². The van der Waals surface area contributed by atoms with Crippen LogP contribution in [0.4, 0.5) is 10.5 Å². The second-order valence-corrected chi connectivity index (χ2v) is 8.05. The Morgan fingerprint density at radius 1 is 1.07 bits per heavy atom. The number of rotatable bonds is 4. The number of thioether (sulfide) groups is 1. The van der Waals surface area contributed by atoms with Gasteiger partial charge in [-0.15, -0.1) is 11.8 Å². The number of benzene rings is 1. The van der Waals surface area contributed by atoms with Crippen LogP contribution in [0.25, 0.3) is 0 Å². The van der Waals surface area contributed by atoms with Gasteiger partial charge in [0.15, 0.2) is 0 Å². The fraction of sp³-hybridized carbons (Fsp3) is 0.400. The van der Waals surface area contributed by atoms with E-state index in [1.54, 1.807) is 16.1 Å². The number of carbonyl (C=O) groups is 2. The Morgan fingerprint density at radius 3 is 2.70 bits per heavy atom. The lowest BCUT2D eigenvalue weighted by Gasteiger charge is -2.24. The summed E-state index contributed by atoms with van der Waals surface area (Å²) < 4.78 is 5.52. The van der Waals surface area contributed by atoms with Crippen molar-refractivity contribution in [1.29, 1.82) is 0 Å². The molecule has 3 heterocycles. The summed E-state index contributed by atoms with van der Waals surface area (Å²) in [5, 5.41) is 0.291. The molecule has 4 rings (SSSR count). The Hall–Kier alpha value is -2.41. The van der Waals surface area contributed by atoms with E-state index >= 15 is 0 Å². The molecule has 0 aliphatic carbocycles. The van der Waals surface area contributed by atoms with Crippen LogP contribution in [0.2, 0.25) is 0 Å².